The van der Waals surface area contributed by atoms with Gasteiger partial charge >= 0.3 is 0 Å². The second-order valence-corrected chi connectivity index (χ2v) is 4.91. The minimum atomic E-state index is -0.851. The molecule has 1 amide bonds. The molecule has 21 heavy (non-hydrogen) atoms. The van der Waals surface area contributed by atoms with Crippen LogP contribution in [0, 0.1) is 0 Å². The van der Waals surface area contributed by atoms with Gasteiger partial charge in [0, 0.05) is 0 Å². The monoisotopic (exact) mass is 305 g/mol. The summed E-state index contributed by atoms with van der Waals surface area (Å²) in [6.45, 7) is 0. The van der Waals surface area contributed by atoms with E-state index in [1.807, 2.05) is 18.2 Å². The summed E-state index contributed by atoms with van der Waals surface area (Å²) in [6.07, 6.45) is -0.893. The van der Waals surface area contributed by atoms with Crippen molar-refractivity contribution in [2.75, 3.05) is 12.4 Å². The Morgan fingerprint density at radius 2 is 1.95 bits per heavy atom. The Labute approximate surface area is 128 Å². The molecule has 1 unspecified atom stereocenters. The molecule has 2 N–H and O–H groups in total. The zero-order chi connectivity index (χ0) is 15.2. The lowest BCUT2D eigenvalue weighted by Crippen LogP contribution is -2.16. The first-order chi connectivity index (χ1) is 10.1. The Morgan fingerprint density at radius 1 is 1.24 bits per heavy atom. The van der Waals surface area contributed by atoms with Gasteiger partial charge in [0.15, 0.2) is 5.75 Å². The lowest BCUT2D eigenvalue weighted by Gasteiger charge is -2.13. The molecule has 0 heterocycles. The molecule has 0 aliphatic heterocycles. The zero-order valence-electron chi connectivity index (χ0n) is 11.5. The molecule has 0 radical (unpaired) electrons. The first-order valence-corrected chi connectivity index (χ1v) is 6.85. The lowest BCUT2D eigenvalue weighted by molar-refractivity contribution is -0.118. The predicted octanol–water partition coefficient (Wildman–Crippen LogP) is 3.41. The Balaban J connectivity index is 2.04. The van der Waals surface area contributed by atoms with E-state index in [1.165, 1.54) is 7.11 Å². The van der Waals surface area contributed by atoms with Gasteiger partial charge in [0.05, 0.1) is 30.3 Å². The number of aliphatic hydroxyl groups is 1. The summed E-state index contributed by atoms with van der Waals surface area (Å²) in [4.78, 5) is 12.0. The van der Waals surface area contributed by atoms with Gasteiger partial charge in [-0.25, -0.2) is 0 Å². The third-order valence-corrected chi connectivity index (χ3v) is 3.31. The highest BCUT2D eigenvalue weighted by Gasteiger charge is 2.15. The largest absolute Gasteiger partial charge is 0.493 e. The van der Waals surface area contributed by atoms with Gasteiger partial charge in [-0.2, -0.15) is 0 Å². The summed E-state index contributed by atoms with van der Waals surface area (Å²) in [5.41, 5.74) is 1.18. The summed E-state index contributed by atoms with van der Waals surface area (Å²) < 4.78 is 5.16. The molecule has 0 aliphatic carbocycles. The topological polar surface area (TPSA) is 58.6 Å². The molecule has 2 aromatic carbocycles. The van der Waals surface area contributed by atoms with Crippen molar-refractivity contribution < 1.29 is 14.6 Å². The van der Waals surface area contributed by atoms with Crippen molar-refractivity contribution >= 4 is 23.2 Å². The van der Waals surface area contributed by atoms with Crippen molar-refractivity contribution in [3.63, 3.8) is 0 Å². The Kier molecular flexibility index (Phi) is 5.20. The van der Waals surface area contributed by atoms with Gasteiger partial charge in [0.25, 0.3) is 0 Å². The van der Waals surface area contributed by atoms with E-state index in [9.17, 15) is 9.90 Å². The molecule has 0 spiro atoms. The molecule has 0 aliphatic rings. The molecule has 2 aromatic rings. The maximum atomic E-state index is 12.0. The summed E-state index contributed by atoms with van der Waals surface area (Å²) >= 11 is 5.99. The number of amides is 1. The van der Waals surface area contributed by atoms with Gasteiger partial charge in [-0.15, -0.1) is 0 Å². The fourth-order valence-corrected chi connectivity index (χ4v) is 2.24. The van der Waals surface area contributed by atoms with Crippen LogP contribution in [0.5, 0.6) is 5.75 Å². The molecule has 4 nitrogen and oxygen atoms in total. The molecule has 0 saturated carbocycles. The number of halogens is 1. The zero-order valence-corrected chi connectivity index (χ0v) is 12.3. The van der Waals surface area contributed by atoms with Gasteiger partial charge in [-0.1, -0.05) is 48.0 Å². The molecular weight excluding hydrogens is 290 g/mol. The van der Waals surface area contributed by atoms with E-state index < -0.39 is 6.10 Å². The van der Waals surface area contributed by atoms with Gasteiger partial charge in [-0.05, 0) is 17.7 Å². The molecule has 2 rings (SSSR count). The number of carbonyl (C=O) groups excluding carboxylic acids is 1. The normalized spacial score (nSPS) is 11.8. The van der Waals surface area contributed by atoms with E-state index >= 15 is 0 Å². The van der Waals surface area contributed by atoms with E-state index in [2.05, 4.69) is 5.32 Å². The van der Waals surface area contributed by atoms with E-state index in [4.69, 9.17) is 16.3 Å². The highest BCUT2D eigenvalue weighted by molar-refractivity contribution is 6.32. The average molecular weight is 306 g/mol. The molecule has 0 fully saturated rings. The second kappa shape index (κ2) is 7.11. The third-order valence-electron chi connectivity index (χ3n) is 3.01. The van der Waals surface area contributed by atoms with Crippen LogP contribution < -0.4 is 10.1 Å². The van der Waals surface area contributed by atoms with Gasteiger partial charge in [0.1, 0.15) is 0 Å². The maximum absolute atomic E-state index is 12.0. The van der Waals surface area contributed by atoms with Crippen LogP contribution >= 0.6 is 11.6 Å². The van der Waals surface area contributed by atoms with Crippen molar-refractivity contribution in [1.29, 1.82) is 0 Å². The van der Waals surface area contributed by atoms with Crippen molar-refractivity contribution in [2.24, 2.45) is 0 Å². The first kappa shape index (κ1) is 15.4. The number of hydrogen-bond donors (Lipinski definition) is 2. The van der Waals surface area contributed by atoms with Crippen molar-refractivity contribution in [3.8, 4) is 5.75 Å². The van der Waals surface area contributed by atoms with Gasteiger partial charge < -0.3 is 15.2 Å². The molecule has 110 valence electrons. The summed E-state index contributed by atoms with van der Waals surface area (Å²) in [5.74, 6) is 0.0913. The van der Waals surface area contributed by atoms with Crippen LogP contribution in [-0.4, -0.2) is 18.1 Å². The highest BCUT2D eigenvalue weighted by Crippen LogP contribution is 2.32. The number of para-hydroxylation sites is 1. The van der Waals surface area contributed by atoms with Crippen LogP contribution in [0.2, 0.25) is 5.02 Å². The Hall–Kier alpha value is -2.04. The first-order valence-electron chi connectivity index (χ1n) is 6.47. The highest BCUT2D eigenvalue weighted by atomic mass is 35.5. The SMILES string of the molecule is COc1c(Cl)cccc1NC(=O)CC(O)c1ccccc1. The van der Waals surface area contributed by atoms with Crippen LogP contribution in [0.1, 0.15) is 18.1 Å². The molecule has 1 atom stereocenters. The molecule has 0 aromatic heterocycles. The minimum Gasteiger partial charge on any atom is -0.493 e. The van der Waals surface area contributed by atoms with Crippen LogP contribution in [0.4, 0.5) is 5.69 Å². The number of ether oxygens (including phenoxy) is 1. The van der Waals surface area contributed by atoms with Crippen LogP contribution in [0.15, 0.2) is 48.5 Å². The van der Waals surface area contributed by atoms with Crippen molar-refractivity contribution in [2.45, 2.75) is 12.5 Å². The standard InChI is InChI=1S/C16H16ClNO3/c1-21-16-12(17)8-5-9-13(16)18-15(20)10-14(19)11-6-3-2-4-7-11/h2-9,14,19H,10H2,1H3,(H,18,20). The minimum absolute atomic E-state index is 0.0420. The molecule has 5 heteroatoms. The Morgan fingerprint density at radius 3 is 2.62 bits per heavy atom. The van der Waals surface area contributed by atoms with Crippen molar-refractivity contribution in [1.82, 2.24) is 0 Å². The molecular formula is C16H16ClNO3. The smallest absolute Gasteiger partial charge is 0.227 e. The van der Waals surface area contributed by atoms with E-state index in [-0.39, 0.29) is 12.3 Å². The summed E-state index contributed by atoms with van der Waals surface area (Å²) in [7, 11) is 1.48. The number of aliphatic hydroxyl groups excluding tert-OH is 1. The number of anilines is 1. The summed E-state index contributed by atoms with van der Waals surface area (Å²) in [6, 6.07) is 14.1. The second-order valence-electron chi connectivity index (χ2n) is 4.50. The van der Waals surface area contributed by atoms with Gasteiger partial charge in [-0.3, -0.25) is 4.79 Å². The van der Waals surface area contributed by atoms with Crippen LogP contribution in [0.25, 0.3) is 0 Å². The van der Waals surface area contributed by atoms with E-state index in [0.29, 0.717) is 22.0 Å². The lowest BCUT2D eigenvalue weighted by atomic mass is 10.1. The quantitative estimate of drug-likeness (QED) is 0.890. The number of hydrogen-bond acceptors (Lipinski definition) is 3. The molecule has 0 saturated heterocycles. The number of benzene rings is 2. The van der Waals surface area contributed by atoms with E-state index in [1.54, 1.807) is 30.3 Å². The third kappa shape index (κ3) is 3.97. The predicted molar refractivity (Wildman–Crippen MR) is 82.7 cm³/mol. The fraction of sp³-hybridized carbons (Fsp3) is 0.188. The van der Waals surface area contributed by atoms with Crippen LogP contribution in [0.3, 0.4) is 0 Å². The fourth-order valence-electron chi connectivity index (χ4n) is 1.98. The van der Waals surface area contributed by atoms with Crippen molar-refractivity contribution in [3.05, 3.63) is 59.1 Å². The maximum Gasteiger partial charge on any atom is 0.227 e. The number of methoxy groups -OCH3 is 1. The van der Waals surface area contributed by atoms with Crippen LogP contribution in [-0.2, 0) is 4.79 Å². The summed E-state index contributed by atoms with van der Waals surface area (Å²) in [5, 5.41) is 13.1. The Bertz CT molecular complexity index is 616. The number of nitrogens with one attached hydrogen (secondary N) is 1. The molecule has 0 bridgehead atoms. The average Bonchev–Trinajstić information content (AvgIpc) is 2.48. The van der Waals surface area contributed by atoms with E-state index in [0.717, 1.165) is 0 Å². The number of rotatable bonds is 5. The van der Waals surface area contributed by atoms with Gasteiger partial charge in [0.2, 0.25) is 5.91 Å². The number of carbonyl (C=O) groups is 1.